The largest absolute Gasteiger partial charge is 0.507 e. The Bertz CT molecular complexity index is 1320. The number of likely N-dealkylation sites (N-methyl/N-ethyl adjacent to an activating group) is 1. The highest BCUT2D eigenvalue weighted by molar-refractivity contribution is 7.21. The number of thiazole rings is 1. The first-order chi connectivity index (χ1) is 15.4. The Morgan fingerprint density at radius 1 is 1.12 bits per heavy atom. The van der Waals surface area contributed by atoms with E-state index in [4.69, 9.17) is 9.40 Å². The first-order valence-corrected chi connectivity index (χ1v) is 11.8. The molecule has 0 saturated carbocycles. The predicted molar refractivity (Wildman–Crippen MR) is 130 cm³/mol. The Morgan fingerprint density at radius 3 is 2.59 bits per heavy atom. The van der Waals surface area contributed by atoms with Crippen molar-refractivity contribution in [1.29, 1.82) is 0 Å². The summed E-state index contributed by atoms with van der Waals surface area (Å²) in [5, 5.41) is 11.9. The zero-order valence-corrected chi connectivity index (χ0v) is 19.4. The number of phenols is 1. The number of hydrogen-bond acceptors (Lipinski definition) is 7. The van der Waals surface area contributed by atoms with E-state index in [1.807, 2.05) is 38.1 Å². The highest BCUT2D eigenvalue weighted by Crippen LogP contribution is 2.37. The summed E-state index contributed by atoms with van der Waals surface area (Å²) in [6, 6.07) is 11.2. The summed E-state index contributed by atoms with van der Waals surface area (Å²) in [7, 11) is 2.12. The topological polar surface area (TPSA) is 69.8 Å². The van der Waals surface area contributed by atoms with E-state index in [2.05, 4.69) is 16.8 Å². The van der Waals surface area contributed by atoms with Crippen LogP contribution < -0.4 is 5.43 Å². The average molecular weight is 450 g/mol. The zero-order chi connectivity index (χ0) is 22.4. The molecule has 0 amide bonds. The number of para-hydroxylation sites is 1. The first-order valence-electron chi connectivity index (χ1n) is 11.0. The molecule has 166 valence electrons. The van der Waals surface area contributed by atoms with E-state index in [9.17, 15) is 9.90 Å². The summed E-state index contributed by atoms with van der Waals surface area (Å²) in [5.41, 5.74) is 2.49. The smallest absolute Gasteiger partial charge is 0.203 e. The molecule has 1 aliphatic heterocycles. The molecule has 2 aromatic carbocycles. The van der Waals surface area contributed by atoms with Crippen molar-refractivity contribution in [2.24, 2.45) is 0 Å². The van der Waals surface area contributed by atoms with Crippen LogP contribution in [0.15, 0.2) is 45.6 Å². The third-order valence-corrected chi connectivity index (χ3v) is 7.23. The molecule has 0 atom stereocenters. The van der Waals surface area contributed by atoms with Crippen LogP contribution >= 0.6 is 11.3 Å². The van der Waals surface area contributed by atoms with Crippen LogP contribution in [0, 0.1) is 0 Å². The second-order valence-electron chi connectivity index (χ2n) is 8.83. The number of nitrogens with zero attached hydrogens (tertiary/aromatic N) is 3. The first kappa shape index (κ1) is 21.1. The van der Waals surface area contributed by atoms with Crippen molar-refractivity contribution in [2.45, 2.75) is 26.3 Å². The molecule has 0 radical (unpaired) electrons. The Labute approximate surface area is 190 Å². The number of phenolic OH excluding ortho intramolecular Hbond substituents is 1. The molecule has 5 rings (SSSR count). The Morgan fingerprint density at radius 2 is 1.88 bits per heavy atom. The van der Waals surface area contributed by atoms with E-state index in [0.717, 1.165) is 36.4 Å². The number of benzene rings is 2. The van der Waals surface area contributed by atoms with Gasteiger partial charge in [-0.05, 0) is 31.3 Å². The molecule has 32 heavy (non-hydrogen) atoms. The second-order valence-corrected chi connectivity index (χ2v) is 9.86. The minimum absolute atomic E-state index is 0.00653. The van der Waals surface area contributed by atoms with Crippen LogP contribution in [0.2, 0.25) is 0 Å². The number of hydrogen-bond donors (Lipinski definition) is 1. The average Bonchev–Trinajstić information content (AvgIpc) is 3.20. The maximum absolute atomic E-state index is 13.7. The van der Waals surface area contributed by atoms with E-state index in [1.54, 1.807) is 12.1 Å². The molecular weight excluding hydrogens is 422 g/mol. The van der Waals surface area contributed by atoms with E-state index in [-0.39, 0.29) is 17.1 Å². The van der Waals surface area contributed by atoms with Crippen LogP contribution in [0.25, 0.3) is 31.8 Å². The van der Waals surface area contributed by atoms with Crippen LogP contribution in [0.3, 0.4) is 0 Å². The standard InChI is InChI=1S/C25H27N3O3S/c1-15(2)23-21(25-26-18-6-4-5-7-20(18)32-25)22(30)16-8-9-19(29)17(24(16)31-23)14-28-12-10-27(3)11-13-28/h4-9,15,29H,10-14H2,1-3H3. The predicted octanol–water partition coefficient (Wildman–Crippen LogP) is 4.65. The van der Waals surface area contributed by atoms with Crippen molar-refractivity contribution in [3.8, 4) is 16.3 Å². The lowest BCUT2D eigenvalue weighted by atomic mass is 10.0. The zero-order valence-electron chi connectivity index (χ0n) is 18.6. The lowest BCUT2D eigenvalue weighted by molar-refractivity contribution is 0.147. The van der Waals surface area contributed by atoms with Crippen LogP contribution in [0.1, 0.15) is 31.1 Å². The monoisotopic (exact) mass is 449 g/mol. The van der Waals surface area contributed by atoms with Crippen LogP contribution in [0.5, 0.6) is 5.75 Å². The number of aromatic nitrogens is 1. The minimum Gasteiger partial charge on any atom is -0.507 e. The van der Waals surface area contributed by atoms with Gasteiger partial charge in [-0.15, -0.1) is 11.3 Å². The van der Waals surface area contributed by atoms with Gasteiger partial charge in [0.2, 0.25) is 5.43 Å². The van der Waals surface area contributed by atoms with Gasteiger partial charge in [0, 0.05) is 38.6 Å². The molecule has 0 unspecified atom stereocenters. The lowest BCUT2D eigenvalue weighted by Crippen LogP contribution is -2.43. The van der Waals surface area contributed by atoms with Crippen molar-refractivity contribution in [3.63, 3.8) is 0 Å². The molecule has 0 aliphatic carbocycles. The Kier molecular flexibility index (Phi) is 5.49. The van der Waals surface area contributed by atoms with Crippen molar-refractivity contribution in [3.05, 3.63) is 57.9 Å². The van der Waals surface area contributed by atoms with Crippen LogP contribution in [-0.2, 0) is 6.54 Å². The SMILES string of the molecule is CC(C)c1oc2c(CN3CCN(C)CC3)c(O)ccc2c(=O)c1-c1nc2ccccc2s1. The quantitative estimate of drug-likeness (QED) is 0.489. The Hall–Kier alpha value is -2.74. The van der Waals surface area contributed by atoms with Gasteiger partial charge in [0.25, 0.3) is 0 Å². The van der Waals surface area contributed by atoms with Gasteiger partial charge >= 0.3 is 0 Å². The molecule has 1 aliphatic rings. The van der Waals surface area contributed by atoms with Crippen molar-refractivity contribution >= 4 is 32.5 Å². The highest BCUT2D eigenvalue weighted by Gasteiger charge is 2.25. The van der Waals surface area contributed by atoms with E-state index in [0.29, 0.717) is 39.4 Å². The van der Waals surface area contributed by atoms with Gasteiger partial charge in [-0.2, -0.15) is 0 Å². The summed E-state index contributed by atoms with van der Waals surface area (Å²) in [5.74, 6) is 0.779. The van der Waals surface area contributed by atoms with Gasteiger partial charge in [-0.25, -0.2) is 4.98 Å². The fraction of sp³-hybridized carbons (Fsp3) is 0.360. The van der Waals surface area contributed by atoms with Gasteiger partial charge < -0.3 is 14.4 Å². The molecule has 3 heterocycles. The molecule has 1 saturated heterocycles. The maximum Gasteiger partial charge on any atom is 0.203 e. The van der Waals surface area contributed by atoms with E-state index < -0.39 is 0 Å². The summed E-state index contributed by atoms with van der Waals surface area (Å²) in [6.07, 6.45) is 0. The summed E-state index contributed by atoms with van der Waals surface area (Å²) in [4.78, 5) is 23.1. The number of piperazine rings is 1. The molecule has 0 bridgehead atoms. The molecule has 4 aromatic rings. The summed E-state index contributed by atoms with van der Waals surface area (Å²) in [6.45, 7) is 8.38. The van der Waals surface area contributed by atoms with Crippen molar-refractivity contribution in [1.82, 2.24) is 14.8 Å². The van der Waals surface area contributed by atoms with Crippen molar-refractivity contribution in [2.75, 3.05) is 33.2 Å². The van der Waals surface area contributed by atoms with Gasteiger partial charge in [-0.1, -0.05) is 26.0 Å². The van der Waals surface area contributed by atoms with E-state index in [1.165, 1.54) is 11.3 Å². The van der Waals surface area contributed by atoms with E-state index >= 15 is 0 Å². The summed E-state index contributed by atoms with van der Waals surface area (Å²) >= 11 is 1.51. The summed E-state index contributed by atoms with van der Waals surface area (Å²) < 4.78 is 7.47. The maximum atomic E-state index is 13.7. The number of fused-ring (bicyclic) bond motifs is 2. The van der Waals surface area contributed by atoms with Crippen molar-refractivity contribution < 1.29 is 9.52 Å². The molecule has 7 heteroatoms. The van der Waals surface area contributed by atoms with Gasteiger partial charge in [-0.3, -0.25) is 9.69 Å². The second kappa shape index (κ2) is 8.31. The lowest BCUT2D eigenvalue weighted by Gasteiger charge is -2.32. The number of aromatic hydroxyl groups is 1. The molecule has 1 N–H and O–H groups in total. The van der Waals surface area contributed by atoms with Crippen LogP contribution in [0.4, 0.5) is 0 Å². The fourth-order valence-electron chi connectivity index (χ4n) is 4.29. The highest BCUT2D eigenvalue weighted by atomic mass is 32.1. The molecule has 2 aromatic heterocycles. The molecule has 1 fully saturated rings. The minimum atomic E-state index is -0.0892. The fourth-order valence-corrected chi connectivity index (χ4v) is 5.30. The normalized spacial score (nSPS) is 15.9. The third-order valence-electron chi connectivity index (χ3n) is 6.18. The van der Waals surface area contributed by atoms with Crippen LogP contribution in [-0.4, -0.2) is 53.1 Å². The molecule has 0 spiro atoms. The third kappa shape index (κ3) is 3.70. The number of rotatable bonds is 4. The molecular formula is C25H27N3O3S. The van der Waals surface area contributed by atoms with Gasteiger partial charge in [0.1, 0.15) is 22.1 Å². The molecule has 6 nitrogen and oxygen atoms in total. The Balaban J connectivity index is 1.68. The van der Waals surface area contributed by atoms with Gasteiger partial charge in [0.15, 0.2) is 0 Å². The van der Waals surface area contributed by atoms with Gasteiger partial charge in [0.05, 0.1) is 26.7 Å².